The molecule has 0 amide bonds. The lowest BCUT2D eigenvalue weighted by Gasteiger charge is -2.07. The summed E-state index contributed by atoms with van der Waals surface area (Å²) in [7, 11) is 0. The van der Waals surface area contributed by atoms with E-state index in [1.807, 2.05) is 0 Å². The van der Waals surface area contributed by atoms with Crippen molar-refractivity contribution in [2.45, 2.75) is 12.8 Å². The van der Waals surface area contributed by atoms with Crippen LogP contribution in [0.25, 0.3) is 0 Å². The van der Waals surface area contributed by atoms with E-state index in [4.69, 9.17) is 16.3 Å². The van der Waals surface area contributed by atoms with Crippen molar-refractivity contribution in [3.05, 3.63) is 29.0 Å². The lowest BCUT2D eigenvalue weighted by Crippen LogP contribution is -2.00. The van der Waals surface area contributed by atoms with E-state index < -0.39 is 5.82 Å². The Morgan fingerprint density at radius 1 is 1.36 bits per heavy atom. The molecule has 1 rings (SSSR count). The van der Waals surface area contributed by atoms with Crippen LogP contribution in [-0.2, 0) is 0 Å². The summed E-state index contributed by atoms with van der Waals surface area (Å²) in [6, 6.07) is 4.50. The van der Waals surface area contributed by atoms with Gasteiger partial charge in [-0.05, 0) is 30.7 Å². The number of ether oxygens (including phenoxy) is 1. The molecule has 0 aliphatic heterocycles. The highest BCUT2D eigenvalue weighted by atomic mass is 35.5. The summed E-state index contributed by atoms with van der Waals surface area (Å²) in [4.78, 5) is 0. The monoisotopic (exact) mass is 234 g/mol. The molecule has 0 unspecified atom stereocenters. The van der Waals surface area contributed by atoms with E-state index in [-0.39, 0.29) is 5.75 Å². The Labute approximate surface area is 93.6 Å². The van der Waals surface area contributed by atoms with Crippen LogP contribution in [0.5, 0.6) is 5.75 Å². The maximum atomic E-state index is 13.1. The lowest BCUT2D eigenvalue weighted by molar-refractivity contribution is 0.295. The van der Waals surface area contributed by atoms with Crippen LogP contribution in [0.1, 0.15) is 12.8 Å². The third-order valence-electron chi connectivity index (χ3n) is 1.72. The molecule has 0 saturated carbocycles. The van der Waals surface area contributed by atoms with Gasteiger partial charge in [0.15, 0.2) is 11.6 Å². The third-order valence-corrected chi connectivity index (χ3v) is 2.33. The molecule has 0 fully saturated rings. The van der Waals surface area contributed by atoms with Gasteiger partial charge in [0.25, 0.3) is 0 Å². The Morgan fingerprint density at radius 3 is 2.79 bits per heavy atom. The first-order valence-corrected chi connectivity index (χ1v) is 5.44. The summed E-state index contributed by atoms with van der Waals surface area (Å²) < 4.78 is 18.4. The van der Waals surface area contributed by atoms with Crippen molar-refractivity contribution in [1.29, 1.82) is 0 Å². The van der Waals surface area contributed by atoms with Crippen LogP contribution >= 0.6 is 24.2 Å². The van der Waals surface area contributed by atoms with Crippen molar-refractivity contribution in [2.75, 3.05) is 12.4 Å². The SMILES string of the molecule is Fc1cccc(Cl)c1OCCCCS. The normalized spacial score (nSPS) is 10.2. The molecule has 1 aromatic rings. The van der Waals surface area contributed by atoms with Crippen LogP contribution in [0.4, 0.5) is 4.39 Å². The van der Waals surface area contributed by atoms with Crippen LogP contribution in [0.3, 0.4) is 0 Å². The fourth-order valence-corrected chi connectivity index (χ4v) is 1.45. The minimum Gasteiger partial charge on any atom is -0.489 e. The highest BCUT2D eigenvalue weighted by Crippen LogP contribution is 2.27. The summed E-state index contributed by atoms with van der Waals surface area (Å²) in [5.74, 6) is 0.547. The van der Waals surface area contributed by atoms with Gasteiger partial charge in [0.1, 0.15) is 0 Å². The molecule has 0 aliphatic carbocycles. The minimum atomic E-state index is -0.414. The lowest BCUT2D eigenvalue weighted by atomic mass is 10.3. The second-order valence-corrected chi connectivity index (χ2v) is 3.68. The Balaban J connectivity index is 2.49. The Hall–Kier alpha value is -0.410. The first-order chi connectivity index (χ1) is 6.75. The zero-order chi connectivity index (χ0) is 10.4. The van der Waals surface area contributed by atoms with E-state index in [2.05, 4.69) is 12.6 Å². The maximum Gasteiger partial charge on any atom is 0.173 e. The molecule has 0 heterocycles. The van der Waals surface area contributed by atoms with Crippen molar-refractivity contribution < 1.29 is 9.13 Å². The molecule has 1 nitrogen and oxygen atoms in total. The van der Waals surface area contributed by atoms with Crippen LogP contribution in [0, 0.1) is 5.82 Å². The molecular formula is C10H12ClFOS. The predicted molar refractivity (Wildman–Crippen MR) is 60.0 cm³/mol. The quantitative estimate of drug-likeness (QED) is 0.605. The number of unbranched alkanes of at least 4 members (excludes halogenated alkanes) is 1. The number of rotatable bonds is 5. The van der Waals surface area contributed by atoms with Gasteiger partial charge in [-0.2, -0.15) is 12.6 Å². The number of thiol groups is 1. The fraction of sp³-hybridized carbons (Fsp3) is 0.400. The molecule has 0 bridgehead atoms. The highest BCUT2D eigenvalue weighted by Gasteiger charge is 2.06. The van der Waals surface area contributed by atoms with Crippen molar-refractivity contribution in [3.63, 3.8) is 0 Å². The van der Waals surface area contributed by atoms with Gasteiger partial charge in [-0.15, -0.1) is 0 Å². The molecular weight excluding hydrogens is 223 g/mol. The largest absolute Gasteiger partial charge is 0.489 e. The molecule has 0 radical (unpaired) electrons. The van der Waals surface area contributed by atoms with Crippen LogP contribution < -0.4 is 4.74 Å². The summed E-state index contributed by atoms with van der Waals surface area (Å²) >= 11 is 9.83. The average Bonchev–Trinajstić information content (AvgIpc) is 2.16. The van der Waals surface area contributed by atoms with Gasteiger partial charge in [-0.25, -0.2) is 4.39 Å². The van der Waals surface area contributed by atoms with Crippen molar-refractivity contribution >= 4 is 24.2 Å². The first-order valence-electron chi connectivity index (χ1n) is 4.43. The number of hydrogen-bond acceptors (Lipinski definition) is 2. The zero-order valence-electron chi connectivity index (χ0n) is 7.67. The van der Waals surface area contributed by atoms with Gasteiger partial charge in [0.2, 0.25) is 0 Å². The summed E-state index contributed by atoms with van der Waals surface area (Å²) in [5.41, 5.74) is 0. The van der Waals surface area contributed by atoms with Crippen LogP contribution in [-0.4, -0.2) is 12.4 Å². The summed E-state index contributed by atoms with van der Waals surface area (Å²) in [6.45, 7) is 0.473. The van der Waals surface area contributed by atoms with Gasteiger partial charge in [0, 0.05) is 0 Å². The van der Waals surface area contributed by atoms with Crippen molar-refractivity contribution in [2.24, 2.45) is 0 Å². The highest BCUT2D eigenvalue weighted by molar-refractivity contribution is 7.80. The molecule has 0 aromatic heterocycles. The van der Waals surface area contributed by atoms with E-state index in [0.29, 0.717) is 11.6 Å². The van der Waals surface area contributed by atoms with Gasteiger partial charge in [0.05, 0.1) is 11.6 Å². The molecule has 0 atom stereocenters. The molecule has 14 heavy (non-hydrogen) atoms. The topological polar surface area (TPSA) is 9.23 Å². The maximum absolute atomic E-state index is 13.1. The van der Waals surface area contributed by atoms with Crippen molar-refractivity contribution in [3.8, 4) is 5.75 Å². The smallest absolute Gasteiger partial charge is 0.173 e. The number of hydrogen-bond donors (Lipinski definition) is 1. The summed E-state index contributed by atoms with van der Waals surface area (Å²) in [5, 5.41) is 0.316. The number of benzene rings is 1. The van der Waals surface area contributed by atoms with Gasteiger partial charge in [-0.1, -0.05) is 17.7 Å². The van der Waals surface area contributed by atoms with E-state index in [0.717, 1.165) is 18.6 Å². The second-order valence-electron chi connectivity index (χ2n) is 2.83. The average molecular weight is 235 g/mol. The molecule has 0 N–H and O–H groups in total. The van der Waals surface area contributed by atoms with Gasteiger partial charge in [-0.3, -0.25) is 0 Å². The molecule has 0 saturated heterocycles. The van der Waals surface area contributed by atoms with Gasteiger partial charge < -0.3 is 4.74 Å². The van der Waals surface area contributed by atoms with Crippen LogP contribution in [0.2, 0.25) is 5.02 Å². The second kappa shape index (κ2) is 6.14. The Bertz CT molecular complexity index is 273. The molecule has 0 spiro atoms. The minimum absolute atomic E-state index is 0.147. The Kier molecular flexibility index (Phi) is 5.12. The van der Waals surface area contributed by atoms with Crippen molar-refractivity contribution in [1.82, 2.24) is 0 Å². The number of halogens is 2. The van der Waals surface area contributed by atoms with E-state index in [1.165, 1.54) is 6.07 Å². The molecule has 78 valence electrons. The van der Waals surface area contributed by atoms with Gasteiger partial charge >= 0.3 is 0 Å². The van der Waals surface area contributed by atoms with E-state index >= 15 is 0 Å². The first kappa shape index (κ1) is 11.7. The Morgan fingerprint density at radius 2 is 2.14 bits per heavy atom. The van der Waals surface area contributed by atoms with E-state index in [9.17, 15) is 4.39 Å². The fourth-order valence-electron chi connectivity index (χ4n) is 1.01. The molecule has 4 heteroatoms. The van der Waals surface area contributed by atoms with Crippen LogP contribution in [0.15, 0.2) is 18.2 Å². The zero-order valence-corrected chi connectivity index (χ0v) is 9.32. The van der Waals surface area contributed by atoms with E-state index in [1.54, 1.807) is 12.1 Å². The summed E-state index contributed by atoms with van der Waals surface area (Å²) in [6.07, 6.45) is 1.81. The predicted octanol–water partition coefficient (Wildman–Crippen LogP) is 3.57. The standard InChI is InChI=1S/C10H12ClFOS/c11-8-4-3-5-9(12)10(8)13-6-1-2-7-14/h3-5,14H,1-2,6-7H2. The number of para-hydroxylation sites is 1. The molecule has 0 aliphatic rings. The third kappa shape index (κ3) is 3.39. The molecule has 1 aromatic carbocycles.